The molecule has 148 valence electrons. The zero-order valence-corrected chi connectivity index (χ0v) is 16.2. The molecule has 2 heterocycles. The van der Waals surface area contributed by atoms with E-state index < -0.39 is 0 Å². The highest BCUT2D eigenvalue weighted by atomic mass is 16.2. The Balaban J connectivity index is 1.36. The van der Waals surface area contributed by atoms with Crippen LogP contribution in [0, 0.1) is 5.92 Å². The Morgan fingerprint density at radius 1 is 1.17 bits per heavy atom. The van der Waals surface area contributed by atoms with Crippen LogP contribution in [0.3, 0.4) is 0 Å². The first-order valence-corrected chi connectivity index (χ1v) is 9.72. The maximum absolute atomic E-state index is 12.5. The zero-order chi connectivity index (χ0) is 20.2. The van der Waals surface area contributed by atoms with Crippen LogP contribution in [-0.4, -0.2) is 26.6 Å². The number of rotatable bonds is 7. The highest BCUT2D eigenvalue weighted by Gasteiger charge is 2.29. The Morgan fingerprint density at radius 3 is 2.66 bits per heavy atom. The first-order chi connectivity index (χ1) is 14.1. The molecule has 1 unspecified atom stereocenters. The number of aromatic nitrogens is 3. The molecule has 7 nitrogen and oxygen atoms in total. The smallest absolute Gasteiger partial charge is 0.251 e. The third-order valence-electron chi connectivity index (χ3n) is 4.98. The lowest BCUT2D eigenvalue weighted by Crippen LogP contribution is -2.26. The molecule has 0 radical (unpaired) electrons. The van der Waals surface area contributed by atoms with Gasteiger partial charge in [0.2, 0.25) is 5.91 Å². The predicted octanol–water partition coefficient (Wildman–Crippen LogP) is 2.78. The molecule has 0 saturated heterocycles. The largest absolute Gasteiger partial charge is 0.352 e. The first-order valence-electron chi connectivity index (χ1n) is 9.72. The maximum Gasteiger partial charge on any atom is 0.251 e. The van der Waals surface area contributed by atoms with Crippen LogP contribution in [-0.2, 0) is 11.3 Å². The third kappa shape index (κ3) is 4.68. The van der Waals surface area contributed by atoms with E-state index in [9.17, 15) is 9.59 Å². The summed E-state index contributed by atoms with van der Waals surface area (Å²) in [6.07, 6.45) is 9.06. The van der Waals surface area contributed by atoms with Gasteiger partial charge in [-0.1, -0.05) is 6.07 Å². The van der Waals surface area contributed by atoms with Gasteiger partial charge < -0.3 is 10.6 Å². The molecule has 1 aliphatic carbocycles. The Labute approximate surface area is 169 Å². The van der Waals surface area contributed by atoms with E-state index in [0.29, 0.717) is 12.1 Å². The molecule has 2 aromatic heterocycles. The number of benzene rings is 1. The summed E-state index contributed by atoms with van der Waals surface area (Å²) >= 11 is 0. The molecule has 0 bridgehead atoms. The van der Waals surface area contributed by atoms with Crippen LogP contribution in [0.5, 0.6) is 0 Å². The third-order valence-corrected chi connectivity index (χ3v) is 4.98. The standard InChI is InChI=1S/C22H23N5O2/c1-15(19-3-2-10-23-13-19)26-22(29)18-6-8-20(9-7-18)27-14-16(12-25-27)11-24-21(28)17-4-5-17/h2-3,6-10,12-15,17H,4-5,11H2,1H3,(H,24,28)(H,26,29). The molecule has 7 heteroatoms. The molecule has 2 N–H and O–H groups in total. The van der Waals surface area contributed by atoms with Crippen molar-refractivity contribution in [1.29, 1.82) is 0 Å². The van der Waals surface area contributed by atoms with Crippen molar-refractivity contribution in [2.75, 3.05) is 0 Å². The Hall–Kier alpha value is -3.48. The van der Waals surface area contributed by atoms with E-state index in [2.05, 4.69) is 20.7 Å². The second-order valence-electron chi connectivity index (χ2n) is 7.31. The molecule has 4 rings (SSSR count). The molecule has 1 saturated carbocycles. The molecule has 0 spiro atoms. The Kier molecular flexibility index (Phi) is 5.37. The number of pyridine rings is 1. The van der Waals surface area contributed by atoms with Crippen LogP contribution < -0.4 is 10.6 Å². The van der Waals surface area contributed by atoms with Crippen LogP contribution in [0.2, 0.25) is 0 Å². The van der Waals surface area contributed by atoms with Crippen molar-refractivity contribution in [3.05, 3.63) is 77.9 Å². The Morgan fingerprint density at radius 2 is 1.97 bits per heavy atom. The number of amides is 2. The van der Waals surface area contributed by atoms with Gasteiger partial charge in [0.05, 0.1) is 17.9 Å². The van der Waals surface area contributed by atoms with Crippen LogP contribution in [0.4, 0.5) is 0 Å². The summed E-state index contributed by atoms with van der Waals surface area (Å²) in [5, 5.41) is 10.3. The molecular weight excluding hydrogens is 366 g/mol. The van der Waals surface area contributed by atoms with Crippen molar-refractivity contribution < 1.29 is 9.59 Å². The van der Waals surface area contributed by atoms with E-state index in [1.54, 1.807) is 35.4 Å². The summed E-state index contributed by atoms with van der Waals surface area (Å²) in [5.74, 6) is 0.176. The monoisotopic (exact) mass is 389 g/mol. The first kappa shape index (κ1) is 18.9. The minimum absolute atomic E-state index is 0.119. The van der Waals surface area contributed by atoms with E-state index >= 15 is 0 Å². The van der Waals surface area contributed by atoms with Gasteiger partial charge in [-0.05, 0) is 55.7 Å². The minimum Gasteiger partial charge on any atom is -0.352 e. The summed E-state index contributed by atoms with van der Waals surface area (Å²) < 4.78 is 1.73. The fourth-order valence-electron chi connectivity index (χ4n) is 3.03. The number of nitrogens with one attached hydrogen (secondary N) is 2. The van der Waals surface area contributed by atoms with Gasteiger partial charge in [-0.3, -0.25) is 14.6 Å². The van der Waals surface area contributed by atoms with Gasteiger partial charge in [0.1, 0.15) is 0 Å². The number of carbonyl (C=O) groups is 2. The van der Waals surface area contributed by atoms with Crippen molar-refractivity contribution in [1.82, 2.24) is 25.4 Å². The lowest BCUT2D eigenvalue weighted by atomic mass is 10.1. The number of hydrogen-bond acceptors (Lipinski definition) is 4. The number of carbonyl (C=O) groups excluding carboxylic acids is 2. The average Bonchev–Trinajstić information content (AvgIpc) is 3.50. The van der Waals surface area contributed by atoms with Gasteiger partial charge in [0.25, 0.3) is 5.91 Å². The van der Waals surface area contributed by atoms with E-state index in [1.807, 2.05) is 37.4 Å². The molecule has 0 aliphatic heterocycles. The van der Waals surface area contributed by atoms with Crippen LogP contribution >= 0.6 is 0 Å². The molecule has 2 amide bonds. The zero-order valence-electron chi connectivity index (χ0n) is 16.2. The lowest BCUT2D eigenvalue weighted by Gasteiger charge is -2.14. The molecule has 1 fully saturated rings. The van der Waals surface area contributed by atoms with Crippen LogP contribution in [0.25, 0.3) is 5.69 Å². The second-order valence-corrected chi connectivity index (χ2v) is 7.31. The summed E-state index contributed by atoms with van der Waals surface area (Å²) in [5.41, 5.74) is 3.32. The van der Waals surface area contributed by atoms with Crippen molar-refractivity contribution in [3.63, 3.8) is 0 Å². The summed E-state index contributed by atoms with van der Waals surface area (Å²) in [6, 6.07) is 10.9. The molecule has 29 heavy (non-hydrogen) atoms. The van der Waals surface area contributed by atoms with Crippen molar-refractivity contribution >= 4 is 11.8 Å². The summed E-state index contributed by atoms with van der Waals surface area (Å²) in [4.78, 5) is 28.3. The van der Waals surface area contributed by atoms with Gasteiger partial charge in [0.15, 0.2) is 0 Å². The van der Waals surface area contributed by atoms with Gasteiger partial charge in [-0.15, -0.1) is 0 Å². The maximum atomic E-state index is 12.5. The second kappa shape index (κ2) is 8.26. The molecule has 1 atom stereocenters. The van der Waals surface area contributed by atoms with E-state index in [0.717, 1.165) is 29.7 Å². The van der Waals surface area contributed by atoms with E-state index in [1.165, 1.54) is 0 Å². The number of nitrogens with zero attached hydrogens (tertiary/aromatic N) is 3. The predicted molar refractivity (Wildman–Crippen MR) is 108 cm³/mol. The van der Waals surface area contributed by atoms with Crippen LogP contribution in [0.1, 0.15) is 47.3 Å². The van der Waals surface area contributed by atoms with Crippen molar-refractivity contribution in [2.24, 2.45) is 5.92 Å². The molecule has 1 aromatic carbocycles. The van der Waals surface area contributed by atoms with Gasteiger partial charge in [0, 0.05) is 42.2 Å². The lowest BCUT2D eigenvalue weighted by molar-refractivity contribution is -0.122. The van der Waals surface area contributed by atoms with E-state index in [-0.39, 0.29) is 23.8 Å². The van der Waals surface area contributed by atoms with Crippen LogP contribution in [0.15, 0.2) is 61.2 Å². The van der Waals surface area contributed by atoms with Crippen molar-refractivity contribution in [3.8, 4) is 5.69 Å². The van der Waals surface area contributed by atoms with Gasteiger partial charge >= 0.3 is 0 Å². The van der Waals surface area contributed by atoms with Gasteiger partial charge in [-0.25, -0.2) is 4.68 Å². The fraction of sp³-hybridized carbons (Fsp3) is 0.273. The molecular formula is C22H23N5O2. The van der Waals surface area contributed by atoms with Crippen molar-refractivity contribution in [2.45, 2.75) is 32.4 Å². The van der Waals surface area contributed by atoms with E-state index in [4.69, 9.17) is 0 Å². The molecule has 3 aromatic rings. The molecule has 1 aliphatic rings. The summed E-state index contributed by atoms with van der Waals surface area (Å²) in [7, 11) is 0. The minimum atomic E-state index is -0.142. The summed E-state index contributed by atoms with van der Waals surface area (Å²) in [6.45, 7) is 2.40. The fourth-order valence-corrected chi connectivity index (χ4v) is 3.03. The highest BCUT2D eigenvalue weighted by molar-refractivity contribution is 5.94. The Bertz CT molecular complexity index is 994. The average molecular weight is 389 g/mol. The normalized spacial score (nSPS) is 14.2. The highest BCUT2D eigenvalue weighted by Crippen LogP contribution is 2.28. The topological polar surface area (TPSA) is 88.9 Å². The number of hydrogen-bond donors (Lipinski definition) is 2. The SMILES string of the molecule is CC(NC(=O)c1ccc(-n2cc(CNC(=O)C3CC3)cn2)cc1)c1cccnc1. The van der Waals surface area contributed by atoms with Gasteiger partial charge in [-0.2, -0.15) is 5.10 Å². The quantitative estimate of drug-likeness (QED) is 0.650.